The number of hydrogen-bond acceptors (Lipinski definition) is 5. The molecule has 0 aromatic heterocycles. The smallest absolute Gasteiger partial charge is 0.339 e. The van der Waals surface area contributed by atoms with Gasteiger partial charge in [0.2, 0.25) is 5.78 Å². The summed E-state index contributed by atoms with van der Waals surface area (Å²) in [6.07, 6.45) is -1.28. The van der Waals surface area contributed by atoms with Crippen LogP contribution in [-0.4, -0.2) is 23.4 Å². The lowest BCUT2D eigenvalue weighted by atomic mass is 9.82. The van der Waals surface area contributed by atoms with Gasteiger partial charge in [-0.25, -0.2) is 4.79 Å². The van der Waals surface area contributed by atoms with Crippen LogP contribution in [0.3, 0.4) is 0 Å². The van der Waals surface area contributed by atoms with Gasteiger partial charge >= 0.3 is 5.97 Å². The summed E-state index contributed by atoms with van der Waals surface area (Å²) in [5.74, 6) is -5.06. The van der Waals surface area contributed by atoms with Crippen molar-refractivity contribution in [2.45, 2.75) is 6.10 Å². The zero-order valence-electron chi connectivity index (χ0n) is 19.7. The van der Waals surface area contributed by atoms with E-state index in [9.17, 15) is 19.2 Å². The molecule has 0 fully saturated rings. The standard InChI is InChI=1S/C30H19Cl2NO5/c31-23-15-14-18(16-24(23)32)33-29(36)27(35)25(28-21-12-6-7-13-22(21)30(37)38-28)26(34)20-11-5-4-10-19(20)17-8-2-1-3-9-17/h1-16,25,28H,(H,33,36)/t25-,28-/m0/s1. The molecule has 0 spiro atoms. The maximum Gasteiger partial charge on any atom is 0.339 e. The normalized spacial score (nSPS) is 14.8. The third-order valence-electron chi connectivity index (χ3n) is 6.27. The van der Waals surface area contributed by atoms with Gasteiger partial charge in [-0.3, -0.25) is 14.4 Å². The minimum Gasteiger partial charge on any atom is -0.453 e. The number of fused-ring (bicyclic) bond motifs is 1. The molecule has 0 bridgehead atoms. The number of nitrogens with one attached hydrogen (secondary N) is 1. The maximum absolute atomic E-state index is 14.1. The van der Waals surface area contributed by atoms with Gasteiger partial charge in [0, 0.05) is 16.8 Å². The van der Waals surface area contributed by atoms with E-state index < -0.39 is 35.5 Å². The number of benzene rings is 4. The Bertz CT molecular complexity index is 1580. The Balaban J connectivity index is 1.57. The molecule has 0 aliphatic carbocycles. The number of halogens is 2. The molecule has 1 amide bonds. The molecule has 1 N–H and O–H groups in total. The molecule has 0 radical (unpaired) electrons. The molecule has 38 heavy (non-hydrogen) atoms. The highest BCUT2D eigenvalue weighted by molar-refractivity contribution is 6.46. The van der Waals surface area contributed by atoms with E-state index in [0.29, 0.717) is 11.1 Å². The van der Waals surface area contributed by atoms with Crippen LogP contribution in [0.4, 0.5) is 5.69 Å². The minimum atomic E-state index is -1.63. The van der Waals surface area contributed by atoms with Crippen molar-refractivity contribution in [3.05, 3.63) is 124 Å². The van der Waals surface area contributed by atoms with Crippen LogP contribution in [0.25, 0.3) is 11.1 Å². The fraction of sp³-hybridized carbons (Fsp3) is 0.0667. The van der Waals surface area contributed by atoms with Gasteiger partial charge < -0.3 is 10.1 Å². The highest BCUT2D eigenvalue weighted by Gasteiger charge is 2.46. The lowest BCUT2D eigenvalue weighted by Gasteiger charge is -2.22. The minimum absolute atomic E-state index is 0.181. The lowest BCUT2D eigenvalue weighted by molar-refractivity contribution is -0.138. The summed E-state index contributed by atoms with van der Waals surface area (Å²) in [6, 6.07) is 26.8. The van der Waals surface area contributed by atoms with E-state index in [1.807, 2.05) is 30.3 Å². The molecule has 8 heteroatoms. The van der Waals surface area contributed by atoms with Crippen LogP contribution in [0.15, 0.2) is 97.1 Å². The Morgan fingerprint density at radius 2 is 1.42 bits per heavy atom. The molecular formula is C30H19Cl2NO5. The molecule has 4 aromatic rings. The predicted octanol–water partition coefficient (Wildman–Crippen LogP) is 6.58. The van der Waals surface area contributed by atoms with E-state index in [-0.39, 0.29) is 26.9 Å². The van der Waals surface area contributed by atoms with E-state index in [1.165, 1.54) is 18.2 Å². The molecule has 4 aromatic carbocycles. The Morgan fingerprint density at radius 3 is 2.16 bits per heavy atom. The van der Waals surface area contributed by atoms with E-state index in [1.54, 1.807) is 48.5 Å². The van der Waals surface area contributed by atoms with E-state index >= 15 is 0 Å². The summed E-state index contributed by atoms with van der Waals surface area (Å²) in [5.41, 5.74) is 2.38. The van der Waals surface area contributed by atoms with E-state index in [4.69, 9.17) is 27.9 Å². The first-order chi connectivity index (χ1) is 18.3. The molecule has 0 saturated heterocycles. The van der Waals surface area contributed by atoms with Gasteiger partial charge in [0.25, 0.3) is 5.91 Å². The molecular weight excluding hydrogens is 525 g/mol. The number of carbonyl (C=O) groups is 4. The van der Waals surface area contributed by atoms with E-state index in [2.05, 4.69) is 5.32 Å². The van der Waals surface area contributed by atoms with Gasteiger partial charge in [-0.05, 0) is 35.4 Å². The van der Waals surface area contributed by atoms with Crippen molar-refractivity contribution in [2.24, 2.45) is 5.92 Å². The van der Waals surface area contributed by atoms with Crippen molar-refractivity contribution >= 4 is 52.3 Å². The first-order valence-corrected chi connectivity index (χ1v) is 12.4. The Morgan fingerprint density at radius 1 is 0.763 bits per heavy atom. The molecule has 188 valence electrons. The van der Waals surface area contributed by atoms with E-state index in [0.717, 1.165) is 5.56 Å². The highest BCUT2D eigenvalue weighted by atomic mass is 35.5. The number of carbonyl (C=O) groups excluding carboxylic acids is 4. The third kappa shape index (κ3) is 4.84. The zero-order valence-corrected chi connectivity index (χ0v) is 21.2. The summed E-state index contributed by atoms with van der Waals surface area (Å²) in [4.78, 5) is 53.6. The molecule has 1 aliphatic heterocycles. The van der Waals surface area contributed by atoms with Crippen LogP contribution in [0, 0.1) is 5.92 Å². The topological polar surface area (TPSA) is 89.5 Å². The third-order valence-corrected chi connectivity index (χ3v) is 7.01. The number of esters is 1. The second-order valence-corrected chi connectivity index (χ2v) is 9.43. The summed E-state index contributed by atoms with van der Waals surface area (Å²) < 4.78 is 5.54. The Kier molecular flexibility index (Phi) is 7.09. The molecule has 2 atom stereocenters. The number of ether oxygens (including phenoxy) is 1. The van der Waals surface area contributed by atoms with Crippen LogP contribution >= 0.6 is 23.2 Å². The lowest BCUT2D eigenvalue weighted by Crippen LogP contribution is -2.38. The average molecular weight is 544 g/mol. The average Bonchev–Trinajstić information content (AvgIpc) is 3.27. The molecule has 6 nitrogen and oxygen atoms in total. The molecule has 5 rings (SSSR count). The van der Waals surface area contributed by atoms with Crippen molar-refractivity contribution in [3.63, 3.8) is 0 Å². The number of anilines is 1. The van der Waals surface area contributed by atoms with Crippen molar-refractivity contribution in [3.8, 4) is 11.1 Å². The quantitative estimate of drug-likeness (QED) is 0.123. The van der Waals surface area contributed by atoms with Gasteiger partial charge in [0.15, 0.2) is 5.78 Å². The number of hydrogen-bond donors (Lipinski definition) is 1. The second-order valence-electron chi connectivity index (χ2n) is 8.61. The van der Waals surface area contributed by atoms with Crippen LogP contribution in [0.1, 0.15) is 32.4 Å². The van der Waals surface area contributed by atoms with Crippen LogP contribution in [0.2, 0.25) is 10.0 Å². The number of cyclic esters (lactones) is 1. The molecule has 0 unspecified atom stereocenters. The Hall–Kier alpha value is -4.26. The van der Waals surface area contributed by atoms with Gasteiger partial charge in [0.1, 0.15) is 12.0 Å². The van der Waals surface area contributed by atoms with Crippen molar-refractivity contribution in [1.29, 1.82) is 0 Å². The van der Waals surface area contributed by atoms with Crippen molar-refractivity contribution in [1.82, 2.24) is 0 Å². The highest BCUT2D eigenvalue weighted by Crippen LogP contribution is 2.39. The summed E-state index contributed by atoms with van der Waals surface area (Å²) in [7, 11) is 0. The number of Topliss-reactive ketones (excluding diaryl/α,β-unsaturated/α-hetero) is 2. The summed E-state index contributed by atoms with van der Waals surface area (Å²) in [5, 5.41) is 2.93. The first-order valence-electron chi connectivity index (χ1n) is 11.6. The van der Waals surface area contributed by atoms with Crippen molar-refractivity contribution < 1.29 is 23.9 Å². The zero-order chi connectivity index (χ0) is 26.8. The summed E-state index contributed by atoms with van der Waals surface area (Å²) in [6.45, 7) is 0. The van der Waals surface area contributed by atoms with Gasteiger partial charge in [-0.15, -0.1) is 0 Å². The molecule has 0 saturated carbocycles. The van der Waals surface area contributed by atoms with Crippen LogP contribution < -0.4 is 5.32 Å². The largest absolute Gasteiger partial charge is 0.453 e. The van der Waals surface area contributed by atoms with Crippen LogP contribution in [0.5, 0.6) is 0 Å². The fourth-order valence-corrected chi connectivity index (χ4v) is 4.76. The summed E-state index contributed by atoms with van der Waals surface area (Å²) >= 11 is 12.0. The maximum atomic E-state index is 14.1. The van der Waals surface area contributed by atoms with Crippen molar-refractivity contribution in [2.75, 3.05) is 5.32 Å². The fourth-order valence-electron chi connectivity index (χ4n) is 4.46. The molecule has 1 aliphatic rings. The van der Waals surface area contributed by atoms with Gasteiger partial charge in [-0.2, -0.15) is 0 Å². The van der Waals surface area contributed by atoms with Gasteiger partial charge in [0.05, 0.1) is 15.6 Å². The SMILES string of the molecule is O=C(Nc1ccc(Cl)c(Cl)c1)C(=O)[C@H](C(=O)c1ccccc1-c1ccccc1)[C@H]1OC(=O)c2ccccc21. The molecule has 1 heterocycles. The Labute approximate surface area is 228 Å². The predicted molar refractivity (Wildman–Crippen MR) is 144 cm³/mol. The first kappa shape index (κ1) is 25.4. The number of ketones is 2. The number of rotatable bonds is 7. The second kappa shape index (κ2) is 10.6. The number of amides is 1. The van der Waals surface area contributed by atoms with Crippen LogP contribution in [-0.2, 0) is 14.3 Å². The van der Waals surface area contributed by atoms with Gasteiger partial charge in [-0.1, -0.05) is 96.0 Å². The monoisotopic (exact) mass is 543 g/mol.